The highest BCUT2D eigenvalue weighted by Crippen LogP contribution is 2.28. The zero-order valence-electron chi connectivity index (χ0n) is 16.5. The molecule has 0 aliphatic carbocycles. The molecule has 0 saturated carbocycles. The van der Waals surface area contributed by atoms with Gasteiger partial charge in [-0.05, 0) is 62.0 Å². The van der Waals surface area contributed by atoms with Crippen molar-refractivity contribution >= 4 is 5.91 Å². The summed E-state index contributed by atoms with van der Waals surface area (Å²) in [7, 11) is 1.61. The fraction of sp³-hybridized carbons (Fsp3) is 0.500. The molecular formula is C22H30N2O3. The van der Waals surface area contributed by atoms with Gasteiger partial charge >= 0.3 is 0 Å². The summed E-state index contributed by atoms with van der Waals surface area (Å²) < 4.78 is 10.6. The number of benzene rings is 1. The van der Waals surface area contributed by atoms with Crippen LogP contribution in [0.2, 0.25) is 0 Å². The van der Waals surface area contributed by atoms with Crippen LogP contribution in [0, 0.1) is 12.8 Å². The number of carbonyl (C=O) groups excluding carboxylic acids is 1. The van der Waals surface area contributed by atoms with Crippen molar-refractivity contribution in [2.75, 3.05) is 26.7 Å². The van der Waals surface area contributed by atoms with E-state index in [0.29, 0.717) is 24.7 Å². The molecule has 5 heteroatoms. The van der Waals surface area contributed by atoms with Crippen LogP contribution in [0.3, 0.4) is 0 Å². The summed E-state index contributed by atoms with van der Waals surface area (Å²) in [5.74, 6) is 1.58. The predicted octanol–water partition coefficient (Wildman–Crippen LogP) is 3.94. The van der Waals surface area contributed by atoms with Crippen LogP contribution in [0.4, 0.5) is 0 Å². The summed E-state index contributed by atoms with van der Waals surface area (Å²) in [4.78, 5) is 15.1. The topological polar surface area (TPSA) is 54.7 Å². The number of aryl methyl sites for hydroxylation is 1. The van der Waals surface area contributed by atoms with E-state index in [1.54, 1.807) is 19.2 Å². The first-order valence-corrected chi connectivity index (χ1v) is 9.74. The van der Waals surface area contributed by atoms with Crippen molar-refractivity contribution in [2.45, 2.75) is 39.3 Å². The van der Waals surface area contributed by atoms with Gasteiger partial charge in [-0.2, -0.15) is 0 Å². The highest BCUT2D eigenvalue weighted by molar-refractivity contribution is 5.91. The van der Waals surface area contributed by atoms with Gasteiger partial charge in [0.15, 0.2) is 5.76 Å². The number of amides is 1. The maximum atomic E-state index is 12.6. The zero-order valence-corrected chi connectivity index (χ0v) is 16.5. The fourth-order valence-electron chi connectivity index (χ4n) is 3.73. The lowest BCUT2D eigenvalue weighted by atomic mass is 9.94. The van der Waals surface area contributed by atoms with Crippen LogP contribution in [-0.2, 0) is 11.3 Å². The van der Waals surface area contributed by atoms with Crippen molar-refractivity contribution < 1.29 is 13.9 Å². The standard InChI is InChI=1S/C22H30N2O3/c1-16-10-12-24(13-11-16)20(19-7-5-4-6-17(19)2)14-23-22(25)21-9-8-18(27-21)15-26-3/h4-9,16,20H,10-15H2,1-3H3,(H,23,25)/t20-/m0/s1. The Bertz CT molecular complexity index is 748. The normalized spacial score (nSPS) is 17.0. The molecule has 2 aromatic rings. The number of carbonyl (C=O) groups is 1. The molecule has 27 heavy (non-hydrogen) atoms. The van der Waals surface area contributed by atoms with E-state index in [9.17, 15) is 4.79 Å². The fourth-order valence-corrected chi connectivity index (χ4v) is 3.73. The Balaban J connectivity index is 1.71. The minimum atomic E-state index is -0.179. The molecule has 146 valence electrons. The number of likely N-dealkylation sites (tertiary alicyclic amines) is 1. The van der Waals surface area contributed by atoms with Gasteiger partial charge in [0.05, 0.1) is 6.04 Å². The second-order valence-corrected chi connectivity index (χ2v) is 7.50. The number of piperidine rings is 1. The second-order valence-electron chi connectivity index (χ2n) is 7.50. The summed E-state index contributed by atoms with van der Waals surface area (Å²) >= 11 is 0. The largest absolute Gasteiger partial charge is 0.453 e. The van der Waals surface area contributed by atoms with Crippen LogP contribution in [0.15, 0.2) is 40.8 Å². The smallest absolute Gasteiger partial charge is 0.287 e. The molecule has 1 saturated heterocycles. The first-order valence-electron chi connectivity index (χ1n) is 9.74. The molecule has 1 aliphatic rings. The summed E-state index contributed by atoms with van der Waals surface area (Å²) in [5.41, 5.74) is 2.54. The van der Waals surface area contributed by atoms with E-state index >= 15 is 0 Å². The van der Waals surface area contributed by atoms with Gasteiger partial charge < -0.3 is 14.5 Å². The molecule has 1 fully saturated rings. The van der Waals surface area contributed by atoms with Crippen LogP contribution in [0.25, 0.3) is 0 Å². The van der Waals surface area contributed by atoms with E-state index in [0.717, 1.165) is 19.0 Å². The van der Waals surface area contributed by atoms with Crippen molar-refractivity contribution in [2.24, 2.45) is 5.92 Å². The molecule has 1 aliphatic heterocycles. The molecule has 1 amide bonds. The minimum Gasteiger partial charge on any atom is -0.453 e. The lowest BCUT2D eigenvalue weighted by Crippen LogP contribution is -2.42. The third-order valence-corrected chi connectivity index (χ3v) is 5.43. The minimum absolute atomic E-state index is 0.177. The predicted molar refractivity (Wildman–Crippen MR) is 106 cm³/mol. The van der Waals surface area contributed by atoms with Crippen molar-refractivity contribution in [3.05, 3.63) is 59.0 Å². The van der Waals surface area contributed by atoms with Crippen LogP contribution < -0.4 is 5.32 Å². The van der Waals surface area contributed by atoms with E-state index in [1.807, 2.05) is 0 Å². The third kappa shape index (κ3) is 4.99. The Morgan fingerprint density at radius 3 is 2.70 bits per heavy atom. The molecule has 0 radical (unpaired) electrons. The Labute approximate surface area is 161 Å². The molecule has 1 atom stereocenters. The van der Waals surface area contributed by atoms with Gasteiger partial charge in [0.1, 0.15) is 12.4 Å². The SMILES string of the molecule is COCc1ccc(C(=O)NC[C@@H](c2ccccc2C)N2CCC(C)CC2)o1. The molecule has 1 N–H and O–H groups in total. The number of nitrogens with one attached hydrogen (secondary N) is 1. The molecule has 1 aromatic carbocycles. The summed E-state index contributed by atoms with van der Waals surface area (Å²) in [6, 6.07) is 12.1. The van der Waals surface area contributed by atoms with Gasteiger partial charge in [-0.25, -0.2) is 0 Å². The molecule has 0 bridgehead atoms. The monoisotopic (exact) mass is 370 g/mol. The highest BCUT2D eigenvalue weighted by atomic mass is 16.5. The third-order valence-electron chi connectivity index (χ3n) is 5.43. The maximum absolute atomic E-state index is 12.6. The van der Waals surface area contributed by atoms with Crippen molar-refractivity contribution in [3.63, 3.8) is 0 Å². The number of hydrogen-bond donors (Lipinski definition) is 1. The Morgan fingerprint density at radius 1 is 1.26 bits per heavy atom. The number of rotatable bonds is 7. The van der Waals surface area contributed by atoms with Gasteiger partial charge in [-0.1, -0.05) is 31.2 Å². The first kappa shape index (κ1) is 19.6. The molecule has 0 spiro atoms. The molecule has 5 nitrogen and oxygen atoms in total. The summed E-state index contributed by atoms with van der Waals surface area (Å²) in [5, 5.41) is 3.07. The van der Waals surface area contributed by atoms with Gasteiger partial charge in [-0.3, -0.25) is 9.69 Å². The molecular weight excluding hydrogens is 340 g/mol. The van der Waals surface area contributed by atoms with Gasteiger partial charge in [0.25, 0.3) is 5.91 Å². The van der Waals surface area contributed by atoms with Crippen LogP contribution in [0.5, 0.6) is 0 Å². The summed E-state index contributed by atoms with van der Waals surface area (Å²) in [6.07, 6.45) is 2.41. The van der Waals surface area contributed by atoms with Crippen LogP contribution in [-0.4, -0.2) is 37.6 Å². The molecule has 0 unspecified atom stereocenters. The van der Waals surface area contributed by atoms with E-state index in [1.165, 1.54) is 24.0 Å². The lowest BCUT2D eigenvalue weighted by Gasteiger charge is -2.37. The number of ether oxygens (including phenoxy) is 1. The summed E-state index contributed by atoms with van der Waals surface area (Å²) in [6.45, 7) is 7.52. The average Bonchev–Trinajstić information content (AvgIpc) is 3.13. The zero-order chi connectivity index (χ0) is 19.2. The Kier molecular flexibility index (Phi) is 6.69. The average molecular weight is 370 g/mol. The van der Waals surface area contributed by atoms with E-state index in [-0.39, 0.29) is 11.9 Å². The van der Waals surface area contributed by atoms with Crippen molar-refractivity contribution in [1.29, 1.82) is 0 Å². The van der Waals surface area contributed by atoms with E-state index in [2.05, 4.69) is 48.3 Å². The van der Waals surface area contributed by atoms with Crippen LogP contribution in [0.1, 0.15) is 53.2 Å². The van der Waals surface area contributed by atoms with Crippen molar-refractivity contribution in [1.82, 2.24) is 10.2 Å². The molecule has 1 aromatic heterocycles. The number of methoxy groups -OCH3 is 1. The van der Waals surface area contributed by atoms with E-state index < -0.39 is 0 Å². The van der Waals surface area contributed by atoms with Gasteiger partial charge in [-0.15, -0.1) is 0 Å². The lowest BCUT2D eigenvalue weighted by molar-refractivity contribution is 0.0878. The highest BCUT2D eigenvalue weighted by Gasteiger charge is 2.26. The number of furan rings is 1. The number of nitrogens with zero attached hydrogens (tertiary/aromatic N) is 1. The van der Waals surface area contributed by atoms with E-state index in [4.69, 9.17) is 9.15 Å². The van der Waals surface area contributed by atoms with Gasteiger partial charge in [0, 0.05) is 13.7 Å². The molecule has 3 rings (SSSR count). The Hall–Kier alpha value is -2.11. The molecule has 2 heterocycles. The quantitative estimate of drug-likeness (QED) is 0.802. The first-order chi connectivity index (χ1) is 13.1. The van der Waals surface area contributed by atoms with Crippen LogP contribution >= 0.6 is 0 Å². The van der Waals surface area contributed by atoms with Gasteiger partial charge in [0.2, 0.25) is 0 Å². The second kappa shape index (κ2) is 9.20. The Morgan fingerprint density at radius 2 is 2.00 bits per heavy atom. The number of hydrogen-bond acceptors (Lipinski definition) is 4. The maximum Gasteiger partial charge on any atom is 0.287 e. The van der Waals surface area contributed by atoms with Crippen molar-refractivity contribution in [3.8, 4) is 0 Å².